The van der Waals surface area contributed by atoms with Crippen LogP contribution in [0.15, 0.2) is 17.8 Å². The highest BCUT2D eigenvalue weighted by atomic mass is 32.2. The second-order valence-corrected chi connectivity index (χ2v) is 10.5. The molecular weight excluding hydrogens is 398 g/mol. The van der Waals surface area contributed by atoms with Gasteiger partial charge >= 0.3 is 0 Å². The summed E-state index contributed by atoms with van der Waals surface area (Å²) >= 11 is 1.54. The van der Waals surface area contributed by atoms with Gasteiger partial charge in [-0.2, -0.15) is 5.10 Å². The molecule has 0 radical (unpaired) electrons. The van der Waals surface area contributed by atoms with Crippen molar-refractivity contribution in [2.24, 2.45) is 0 Å². The van der Waals surface area contributed by atoms with Gasteiger partial charge in [0, 0.05) is 42.6 Å². The normalized spacial score (nSPS) is 18.8. The van der Waals surface area contributed by atoms with Gasteiger partial charge in [-0.25, -0.2) is 13.4 Å². The maximum Gasteiger partial charge on any atom is 0.228 e. The number of hydrogen-bond acceptors (Lipinski definition) is 6. The van der Waals surface area contributed by atoms with Crippen molar-refractivity contribution in [1.82, 2.24) is 24.1 Å². The molecule has 1 fully saturated rings. The van der Waals surface area contributed by atoms with E-state index < -0.39 is 9.84 Å². The van der Waals surface area contributed by atoms with E-state index in [2.05, 4.69) is 10.1 Å². The zero-order chi connectivity index (χ0) is 20.1. The van der Waals surface area contributed by atoms with Gasteiger partial charge in [0.1, 0.15) is 0 Å². The molecule has 1 amide bonds. The summed E-state index contributed by atoms with van der Waals surface area (Å²) in [7, 11) is -1.20. The number of fused-ring (bicyclic) bond motifs is 1. The molecule has 1 aliphatic rings. The summed E-state index contributed by atoms with van der Waals surface area (Å²) < 4.78 is 27.4. The molecule has 4 rings (SSSR count). The molecule has 0 bridgehead atoms. The maximum absolute atomic E-state index is 12.7. The zero-order valence-corrected chi connectivity index (χ0v) is 17.8. The third-order valence-corrected chi connectivity index (χ3v) is 7.85. The molecule has 0 saturated carbocycles. The fraction of sp³-hybridized carbons (Fsp3) is 0.500. The fourth-order valence-corrected chi connectivity index (χ4v) is 6.14. The smallest absolute Gasteiger partial charge is 0.228 e. The van der Waals surface area contributed by atoms with E-state index in [-0.39, 0.29) is 29.9 Å². The number of carbonyl (C=O) groups excluding carboxylic acids is 1. The molecule has 1 atom stereocenters. The van der Waals surface area contributed by atoms with E-state index in [0.29, 0.717) is 13.0 Å². The van der Waals surface area contributed by atoms with Gasteiger partial charge < -0.3 is 4.90 Å². The lowest BCUT2D eigenvalue weighted by molar-refractivity contribution is -0.129. The van der Waals surface area contributed by atoms with E-state index in [1.54, 1.807) is 11.9 Å². The first-order valence-corrected chi connectivity index (χ1v) is 11.8. The molecule has 8 nitrogen and oxygen atoms in total. The Kier molecular flexibility index (Phi) is 4.78. The molecule has 4 heterocycles. The molecule has 150 valence electrons. The van der Waals surface area contributed by atoms with Gasteiger partial charge in [-0.1, -0.05) is 0 Å². The van der Waals surface area contributed by atoms with Gasteiger partial charge in [0.05, 0.1) is 35.4 Å². The predicted molar refractivity (Wildman–Crippen MR) is 107 cm³/mol. The van der Waals surface area contributed by atoms with Gasteiger partial charge in [0.25, 0.3) is 0 Å². The first kappa shape index (κ1) is 19.1. The molecule has 28 heavy (non-hydrogen) atoms. The van der Waals surface area contributed by atoms with Crippen LogP contribution in [0.25, 0.3) is 4.96 Å². The molecule has 0 aliphatic carbocycles. The van der Waals surface area contributed by atoms with Crippen molar-refractivity contribution in [3.8, 4) is 0 Å². The van der Waals surface area contributed by atoms with Crippen LogP contribution in [0.5, 0.6) is 0 Å². The Balaban J connectivity index is 1.47. The number of likely N-dealkylation sites (N-methyl/N-ethyl adjacent to an activating group) is 1. The molecule has 1 saturated heterocycles. The summed E-state index contributed by atoms with van der Waals surface area (Å²) in [4.78, 5) is 19.7. The summed E-state index contributed by atoms with van der Waals surface area (Å²) in [5.74, 6) is 0.340. The van der Waals surface area contributed by atoms with Crippen LogP contribution in [0, 0.1) is 13.8 Å². The van der Waals surface area contributed by atoms with Crippen molar-refractivity contribution in [2.75, 3.05) is 18.6 Å². The third kappa shape index (κ3) is 3.58. The average molecular weight is 422 g/mol. The Morgan fingerprint density at radius 3 is 2.86 bits per heavy atom. The van der Waals surface area contributed by atoms with E-state index in [1.807, 2.05) is 40.7 Å². The molecule has 0 aromatic carbocycles. The number of hydrogen-bond donors (Lipinski definition) is 0. The van der Waals surface area contributed by atoms with Crippen LogP contribution < -0.4 is 0 Å². The number of aromatic nitrogens is 4. The quantitative estimate of drug-likeness (QED) is 0.626. The van der Waals surface area contributed by atoms with Crippen LogP contribution in [0.1, 0.15) is 35.1 Å². The van der Waals surface area contributed by atoms with Crippen LogP contribution in [-0.2, 0) is 27.6 Å². The number of carbonyl (C=O) groups is 1. The summed E-state index contributed by atoms with van der Waals surface area (Å²) in [6.45, 7) is 4.30. The van der Waals surface area contributed by atoms with Crippen LogP contribution in [-0.4, -0.2) is 56.9 Å². The largest absolute Gasteiger partial charge is 0.341 e. The van der Waals surface area contributed by atoms with E-state index in [1.165, 1.54) is 11.3 Å². The molecule has 10 heteroatoms. The molecule has 1 unspecified atom stereocenters. The molecule has 0 N–H and O–H groups in total. The lowest BCUT2D eigenvalue weighted by Crippen LogP contribution is -2.28. The highest BCUT2D eigenvalue weighted by molar-refractivity contribution is 7.91. The van der Waals surface area contributed by atoms with Crippen molar-refractivity contribution < 1.29 is 13.2 Å². The molecule has 0 spiro atoms. The number of rotatable bonds is 5. The summed E-state index contributed by atoms with van der Waals surface area (Å²) in [6.07, 6.45) is 4.65. The SMILES string of the molecule is Cc1nn(C2CCS(=O)(=O)C2)c(C)c1CN(C)C(=O)Cc1cn2ccsc2n1. The second kappa shape index (κ2) is 7.00. The maximum atomic E-state index is 12.7. The lowest BCUT2D eigenvalue weighted by atomic mass is 10.1. The van der Waals surface area contributed by atoms with Gasteiger partial charge in [-0.05, 0) is 20.3 Å². The Morgan fingerprint density at radius 2 is 2.18 bits per heavy atom. The monoisotopic (exact) mass is 421 g/mol. The van der Waals surface area contributed by atoms with Gasteiger partial charge in [-0.15, -0.1) is 11.3 Å². The third-order valence-electron chi connectivity index (χ3n) is 5.33. The number of thiazole rings is 1. The van der Waals surface area contributed by atoms with Crippen molar-refractivity contribution >= 4 is 32.0 Å². The molecular formula is C18H23N5O3S2. The zero-order valence-electron chi connectivity index (χ0n) is 16.1. The van der Waals surface area contributed by atoms with E-state index in [4.69, 9.17) is 0 Å². The van der Waals surface area contributed by atoms with Crippen LogP contribution >= 0.6 is 11.3 Å². The van der Waals surface area contributed by atoms with Crippen molar-refractivity contribution in [1.29, 1.82) is 0 Å². The van der Waals surface area contributed by atoms with E-state index in [9.17, 15) is 13.2 Å². The Morgan fingerprint density at radius 1 is 1.39 bits per heavy atom. The first-order valence-electron chi connectivity index (χ1n) is 9.13. The Labute approximate surface area is 167 Å². The van der Waals surface area contributed by atoms with Gasteiger partial charge in [0.15, 0.2) is 14.8 Å². The Hall–Kier alpha value is -2.20. The molecule has 3 aromatic heterocycles. The Bertz CT molecular complexity index is 1110. The predicted octanol–water partition coefficient (Wildman–Crippen LogP) is 1.77. The van der Waals surface area contributed by atoms with Crippen LogP contribution in [0.2, 0.25) is 0 Å². The van der Waals surface area contributed by atoms with Crippen LogP contribution in [0.3, 0.4) is 0 Å². The number of imidazole rings is 1. The summed E-state index contributed by atoms with van der Waals surface area (Å²) in [5.41, 5.74) is 3.50. The van der Waals surface area contributed by atoms with E-state index in [0.717, 1.165) is 27.6 Å². The number of sulfone groups is 1. The highest BCUT2D eigenvalue weighted by Gasteiger charge is 2.31. The molecule has 1 aliphatic heterocycles. The van der Waals surface area contributed by atoms with E-state index >= 15 is 0 Å². The molecule has 3 aromatic rings. The summed E-state index contributed by atoms with van der Waals surface area (Å²) in [6, 6.07) is -0.114. The number of amides is 1. The van der Waals surface area contributed by atoms with Crippen molar-refractivity contribution in [2.45, 2.75) is 39.3 Å². The van der Waals surface area contributed by atoms with Crippen molar-refractivity contribution in [3.05, 3.63) is 40.4 Å². The minimum absolute atomic E-state index is 0.0132. The fourth-order valence-electron chi connectivity index (χ4n) is 3.73. The van der Waals surface area contributed by atoms with Crippen LogP contribution in [0.4, 0.5) is 0 Å². The number of nitrogens with zero attached hydrogens (tertiary/aromatic N) is 5. The minimum Gasteiger partial charge on any atom is -0.341 e. The highest BCUT2D eigenvalue weighted by Crippen LogP contribution is 2.27. The van der Waals surface area contributed by atoms with Crippen molar-refractivity contribution in [3.63, 3.8) is 0 Å². The topological polar surface area (TPSA) is 89.6 Å². The second-order valence-electron chi connectivity index (χ2n) is 7.40. The first-order chi connectivity index (χ1) is 13.2. The van der Waals surface area contributed by atoms with Gasteiger partial charge in [0.2, 0.25) is 5.91 Å². The summed E-state index contributed by atoms with van der Waals surface area (Å²) in [5, 5.41) is 6.53. The van der Waals surface area contributed by atoms with Gasteiger partial charge in [-0.3, -0.25) is 13.9 Å². The minimum atomic E-state index is -2.97. The number of aryl methyl sites for hydroxylation is 1. The average Bonchev–Trinajstić information content (AvgIpc) is 3.34. The lowest BCUT2D eigenvalue weighted by Gasteiger charge is -2.17. The standard InChI is InChI=1S/C18H23N5O3S2/c1-12-16(13(2)23(20-12)15-4-7-28(25,26)11-15)10-21(3)17(24)8-14-9-22-5-6-27-18(22)19-14/h5-6,9,15H,4,7-8,10-11H2,1-3H3.